The van der Waals surface area contributed by atoms with E-state index in [1.165, 1.54) is 6.42 Å². The van der Waals surface area contributed by atoms with Gasteiger partial charge in [0.2, 0.25) is 0 Å². The van der Waals surface area contributed by atoms with Gasteiger partial charge in [0.25, 0.3) is 5.91 Å². The van der Waals surface area contributed by atoms with Gasteiger partial charge in [-0.15, -0.1) is 0 Å². The first-order valence-electron chi connectivity index (χ1n) is 8.06. The average Bonchev–Trinajstić information content (AvgIpc) is 2.69. The standard InChI is InChI=1S/C18H23NO2/c1-18(9-3-2-4-10-18)16(20)14-8-7-13-6-5-11-19-17(21)15(13)12-14/h7-8,12H,2-6,9-11H2,1H3,(H,19,21). The highest BCUT2D eigenvalue weighted by atomic mass is 16.1. The highest BCUT2D eigenvalue weighted by molar-refractivity contribution is 6.04. The van der Waals surface area contributed by atoms with Gasteiger partial charge in [0.1, 0.15) is 0 Å². The normalized spacial score (nSPS) is 21.1. The minimum Gasteiger partial charge on any atom is -0.352 e. The molecule has 1 aliphatic carbocycles. The van der Waals surface area contributed by atoms with Crippen LogP contribution in [0.1, 0.15) is 71.7 Å². The molecule has 0 radical (unpaired) electrons. The molecule has 1 amide bonds. The number of aryl methyl sites for hydroxylation is 1. The molecule has 1 aromatic rings. The molecule has 3 nitrogen and oxygen atoms in total. The quantitative estimate of drug-likeness (QED) is 0.845. The Balaban J connectivity index is 1.92. The van der Waals surface area contributed by atoms with Gasteiger partial charge in [0.05, 0.1) is 0 Å². The molecule has 1 aliphatic heterocycles. The van der Waals surface area contributed by atoms with E-state index in [2.05, 4.69) is 12.2 Å². The molecule has 21 heavy (non-hydrogen) atoms. The number of Topliss-reactive ketones (excluding diaryl/α,β-unsaturated/α-hetero) is 1. The molecule has 0 unspecified atom stereocenters. The van der Waals surface area contributed by atoms with Crippen LogP contribution in [-0.4, -0.2) is 18.2 Å². The molecule has 3 heteroatoms. The van der Waals surface area contributed by atoms with Gasteiger partial charge in [0.15, 0.2) is 5.78 Å². The monoisotopic (exact) mass is 285 g/mol. The molecule has 1 heterocycles. The second kappa shape index (κ2) is 5.63. The van der Waals surface area contributed by atoms with E-state index in [1.807, 2.05) is 18.2 Å². The summed E-state index contributed by atoms with van der Waals surface area (Å²) in [6, 6.07) is 5.71. The van der Waals surface area contributed by atoms with Crippen LogP contribution in [0.25, 0.3) is 0 Å². The van der Waals surface area contributed by atoms with Crippen molar-refractivity contribution >= 4 is 11.7 Å². The molecule has 112 valence electrons. The Morgan fingerprint density at radius 1 is 1.14 bits per heavy atom. The Kier molecular flexibility index (Phi) is 3.83. The van der Waals surface area contributed by atoms with Crippen molar-refractivity contribution < 1.29 is 9.59 Å². The number of rotatable bonds is 2. The van der Waals surface area contributed by atoms with Crippen LogP contribution in [0.15, 0.2) is 18.2 Å². The van der Waals surface area contributed by atoms with Gasteiger partial charge < -0.3 is 5.32 Å². The third-order valence-electron chi connectivity index (χ3n) is 5.03. The Hall–Kier alpha value is -1.64. The highest BCUT2D eigenvalue weighted by Crippen LogP contribution is 2.38. The summed E-state index contributed by atoms with van der Waals surface area (Å²) in [5.41, 5.74) is 2.22. The first-order valence-corrected chi connectivity index (χ1v) is 8.06. The zero-order chi connectivity index (χ0) is 14.9. The molecule has 0 atom stereocenters. The summed E-state index contributed by atoms with van der Waals surface area (Å²) >= 11 is 0. The second-order valence-electron chi connectivity index (χ2n) is 6.68. The number of fused-ring (bicyclic) bond motifs is 1. The van der Waals surface area contributed by atoms with Gasteiger partial charge in [-0.05, 0) is 37.3 Å². The van der Waals surface area contributed by atoms with E-state index in [4.69, 9.17) is 0 Å². The minimum atomic E-state index is -0.242. The lowest BCUT2D eigenvalue weighted by Crippen LogP contribution is -2.30. The van der Waals surface area contributed by atoms with E-state index < -0.39 is 0 Å². The Morgan fingerprint density at radius 3 is 2.67 bits per heavy atom. The molecule has 1 saturated carbocycles. The summed E-state index contributed by atoms with van der Waals surface area (Å²) in [5, 5.41) is 2.91. The fourth-order valence-corrected chi connectivity index (χ4v) is 3.63. The largest absolute Gasteiger partial charge is 0.352 e. The molecular formula is C18H23NO2. The van der Waals surface area contributed by atoms with Gasteiger partial charge in [-0.25, -0.2) is 0 Å². The molecule has 1 N–H and O–H groups in total. The summed E-state index contributed by atoms with van der Waals surface area (Å²) in [5.74, 6) is 0.174. The number of amides is 1. The van der Waals surface area contributed by atoms with Crippen LogP contribution in [0.5, 0.6) is 0 Å². The molecular weight excluding hydrogens is 262 g/mol. The first-order chi connectivity index (χ1) is 10.1. The van der Waals surface area contributed by atoms with Crippen LogP contribution >= 0.6 is 0 Å². The van der Waals surface area contributed by atoms with E-state index >= 15 is 0 Å². The van der Waals surface area contributed by atoms with Gasteiger partial charge in [-0.3, -0.25) is 9.59 Å². The van der Waals surface area contributed by atoms with Crippen LogP contribution in [0.2, 0.25) is 0 Å². The van der Waals surface area contributed by atoms with Crippen molar-refractivity contribution in [2.45, 2.75) is 51.9 Å². The number of hydrogen-bond donors (Lipinski definition) is 1. The second-order valence-corrected chi connectivity index (χ2v) is 6.68. The van der Waals surface area contributed by atoms with E-state index in [1.54, 1.807) is 0 Å². The lowest BCUT2D eigenvalue weighted by atomic mass is 9.71. The average molecular weight is 285 g/mol. The minimum absolute atomic E-state index is 0.0362. The predicted octanol–water partition coefficient (Wildman–Crippen LogP) is 3.52. The number of benzene rings is 1. The van der Waals surface area contributed by atoms with Gasteiger partial charge in [-0.2, -0.15) is 0 Å². The topological polar surface area (TPSA) is 46.2 Å². The number of carbonyl (C=O) groups excluding carboxylic acids is 2. The summed E-state index contributed by atoms with van der Waals surface area (Å²) < 4.78 is 0. The number of ketones is 1. The third kappa shape index (κ3) is 2.74. The molecule has 0 bridgehead atoms. The molecule has 1 aromatic carbocycles. The molecule has 2 aliphatic rings. The van der Waals surface area contributed by atoms with Crippen LogP contribution < -0.4 is 5.32 Å². The molecule has 0 saturated heterocycles. The summed E-state index contributed by atoms with van der Waals surface area (Å²) in [6.07, 6.45) is 7.30. The molecule has 0 aromatic heterocycles. The van der Waals surface area contributed by atoms with Crippen LogP contribution in [0.3, 0.4) is 0 Å². The fourth-order valence-electron chi connectivity index (χ4n) is 3.63. The van der Waals surface area contributed by atoms with E-state index in [-0.39, 0.29) is 17.1 Å². The number of hydrogen-bond acceptors (Lipinski definition) is 2. The Bertz CT molecular complexity index is 571. The maximum Gasteiger partial charge on any atom is 0.251 e. The zero-order valence-corrected chi connectivity index (χ0v) is 12.7. The van der Waals surface area contributed by atoms with Crippen LogP contribution in [0.4, 0.5) is 0 Å². The zero-order valence-electron chi connectivity index (χ0n) is 12.7. The van der Waals surface area contributed by atoms with Gasteiger partial charge in [0, 0.05) is 23.1 Å². The Labute approximate surface area is 126 Å². The third-order valence-corrected chi connectivity index (χ3v) is 5.03. The van der Waals surface area contributed by atoms with Crippen molar-refractivity contribution in [1.82, 2.24) is 5.32 Å². The number of nitrogens with one attached hydrogen (secondary N) is 1. The highest BCUT2D eigenvalue weighted by Gasteiger charge is 2.35. The van der Waals surface area contributed by atoms with Crippen molar-refractivity contribution in [2.75, 3.05) is 6.54 Å². The smallest absolute Gasteiger partial charge is 0.251 e. The van der Waals surface area contributed by atoms with Gasteiger partial charge >= 0.3 is 0 Å². The van der Waals surface area contributed by atoms with Crippen molar-refractivity contribution in [3.05, 3.63) is 34.9 Å². The van der Waals surface area contributed by atoms with Crippen molar-refractivity contribution in [3.63, 3.8) is 0 Å². The van der Waals surface area contributed by atoms with Crippen LogP contribution in [0, 0.1) is 5.41 Å². The maximum absolute atomic E-state index is 12.9. The molecule has 0 spiro atoms. The number of carbonyl (C=O) groups is 2. The molecule has 3 rings (SSSR count). The summed E-state index contributed by atoms with van der Waals surface area (Å²) in [6.45, 7) is 2.80. The van der Waals surface area contributed by atoms with E-state index in [0.29, 0.717) is 17.7 Å². The van der Waals surface area contributed by atoms with Crippen LogP contribution in [-0.2, 0) is 6.42 Å². The van der Waals surface area contributed by atoms with Gasteiger partial charge in [-0.1, -0.05) is 38.3 Å². The lowest BCUT2D eigenvalue weighted by Gasteiger charge is -2.32. The Morgan fingerprint density at radius 2 is 1.90 bits per heavy atom. The first kappa shape index (κ1) is 14.3. The van der Waals surface area contributed by atoms with Crippen molar-refractivity contribution in [3.8, 4) is 0 Å². The van der Waals surface area contributed by atoms with E-state index in [0.717, 1.165) is 44.1 Å². The SMILES string of the molecule is CC1(C(=O)c2ccc3c(c2)C(=O)NCCC3)CCCCC1. The predicted molar refractivity (Wildman–Crippen MR) is 82.6 cm³/mol. The lowest BCUT2D eigenvalue weighted by molar-refractivity contribution is 0.0749. The fraction of sp³-hybridized carbons (Fsp3) is 0.556. The summed E-state index contributed by atoms with van der Waals surface area (Å²) in [7, 11) is 0. The van der Waals surface area contributed by atoms with E-state index in [9.17, 15) is 9.59 Å². The van der Waals surface area contributed by atoms with Crippen molar-refractivity contribution in [1.29, 1.82) is 0 Å². The van der Waals surface area contributed by atoms with Crippen molar-refractivity contribution in [2.24, 2.45) is 5.41 Å². The molecule has 1 fully saturated rings. The maximum atomic E-state index is 12.9. The summed E-state index contributed by atoms with van der Waals surface area (Å²) in [4.78, 5) is 25.0.